The van der Waals surface area contributed by atoms with E-state index in [9.17, 15) is 53.4 Å². The number of rotatable bonds is 29. The summed E-state index contributed by atoms with van der Waals surface area (Å²) in [5.41, 5.74) is 17.6. The molecule has 1 fully saturated rings. The monoisotopic (exact) mass is 1010 g/mol. The van der Waals surface area contributed by atoms with E-state index in [0.29, 0.717) is 24.1 Å². The summed E-state index contributed by atoms with van der Waals surface area (Å²) in [6.07, 6.45) is 3.17. The van der Waals surface area contributed by atoms with E-state index in [1.54, 1.807) is 27.7 Å². The van der Waals surface area contributed by atoms with Gasteiger partial charge in [-0.1, -0.05) is 60.1 Å². The largest absolute Gasteiger partial charge is 0.508 e. The SMILES string of the molecule is CC[C@H](C)[C@H](NC(=O)[C@H](Cc1ccc(O)cc1)NC(=O)[C@@H](NC(=O)[C@H](CCCN=C(N)N)NC(=O)[C@H](N)CC(=O)O)C(C)C)C(=O)N[C@@H](Cc1cnc[nH]1)C(=O)N1CCC[C@H]1C(=O)N[C@@H](CC(C)C)C(=O)O. The molecule has 7 amide bonds. The van der Waals surface area contributed by atoms with Crippen LogP contribution in [0.1, 0.15) is 97.7 Å². The molecular formula is C47H73N13O12. The Morgan fingerprint density at radius 2 is 1.40 bits per heavy atom. The Kier molecular flexibility index (Phi) is 23.4. The van der Waals surface area contributed by atoms with Crippen LogP contribution in [0, 0.1) is 17.8 Å². The quantitative estimate of drug-likeness (QED) is 0.0250. The molecule has 0 unspecified atom stereocenters. The minimum absolute atomic E-state index is 0.0506. The molecule has 9 atom stereocenters. The maximum atomic E-state index is 14.5. The number of phenolic OH excluding ortho intramolecular Hbond substituents is 1. The molecule has 1 aromatic heterocycles. The lowest BCUT2D eigenvalue weighted by atomic mass is 9.96. The van der Waals surface area contributed by atoms with Crippen LogP contribution in [0.2, 0.25) is 0 Å². The molecule has 1 aliphatic rings. The molecule has 1 saturated heterocycles. The number of nitrogens with two attached hydrogens (primary N) is 3. The molecule has 398 valence electrons. The molecule has 0 radical (unpaired) electrons. The Bertz CT molecular complexity index is 2200. The number of carbonyl (C=O) groups excluding carboxylic acids is 7. The van der Waals surface area contributed by atoms with Crippen LogP contribution in [0.15, 0.2) is 41.8 Å². The third-order valence-electron chi connectivity index (χ3n) is 12.1. The Balaban J connectivity index is 1.93. The summed E-state index contributed by atoms with van der Waals surface area (Å²) in [7, 11) is 0. The summed E-state index contributed by atoms with van der Waals surface area (Å²) < 4.78 is 0. The first kappa shape index (κ1) is 59.0. The summed E-state index contributed by atoms with van der Waals surface area (Å²) in [4.78, 5) is 133. The van der Waals surface area contributed by atoms with Crippen molar-refractivity contribution < 1.29 is 58.5 Å². The van der Waals surface area contributed by atoms with Crippen LogP contribution in [0.3, 0.4) is 0 Å². The van der Waals surface area contributed by atoms with Crippen LogP contribution in [0.5, 0.6) is 5.75 Å². The maximum absolute atomic E-state index is 14.5. The van der Waals surface area contributed by atoms with Gasteiger partial charge in [0.1, 0.15) is 48.0 Å². The number of imidazole rings is 1. The van der Waals surface area contributed by atoms with Gasteiger partial charge in [0.2, 0.25) is 41.4 Å². The lowest BCUT2D eigenvalue weighted by Gasteiger charge is -2.32. The normalized spacial score (nSPS) is 16.7. The number of amides is 7. The number of aliphatic carboxylic acids is 2. The number of phenols is 1. The summed E-state index contributed by atoms with van der Waals surface area (Å²) in [6.45, 7) is 10.6. The average molecular weight is 1010 g/mol. The van der Waals surface area contributed by atoms with Crippen molar-refractivity contribution in [1.29, 1.82) is 0 Å². The highest BCUT2D eigenvalue weighted by atomic mass is 16.4. The number of likely N-dealkylation sites (tertiary alicyclic amines) is 1. The minimum Gasteiger partial charge on any atom is -0.508 e. The minimum atomic E-state index is -1.51. The third kappa shape index (κ3) is 18.8. The number of H-pyrrole nitrogens is 1. The molecule has 25 nitrogen and oxygen atoms in total. The first-order valence-electron chi connectivity index (χ1n) is 24.1. The van der Waals surface area contributed by atoms with Crippen LogP contribution < -0.4 is 49.1 Å². The van der Waals surface area contributed by atoms with Crippen LogP contribution in [-0.2, 0) is 56.0 Å². The number of hydrogen-bond acceptors (Lipinski definition) is 13. The van der Waals surface area contributed by atoms with Crippen molar-refractivity contribution in [3.05, 3.63) is 48.0 Å². The predicted molar refractivity (Wildman–Crippen MR) is 262 cm³/mol. The highest BCUT2D eigenvalue weighted by molar-refractivity contribution is 5.98. The van der Waals surface area contributed by atoms with E-state index in [0.717, 1.165) is 0 Å². The second kappa shape index (κ2) is 28.5. The molecule has 0 spiro atoms. The molecule has 72 heavy (non-hydrogen) atoms. The number of carbonyl (C=O) groups is 9. The van der Waals surface area contributed by atoms with E-state index in [-0.39, 0.29) is 69.2 Å². The summed E-state index contributed by atoms with van der Waals surface area (Å²) >= 11 is 0. The van der Waals surface area contributed by atoms with Crippen molar-refractivity contribution in [3.63, 3.8) is 0 Å². The molecule has 1 aromatic carbocycles. The van der Waals surface area contributed by atoms with Crippen molar-refractivity contribution in [1.82, 2.24) is 46.8 Å². The van der Waals surface area contributed by atoms with Gasteiger partial charge in [-0.25, -0.2) is 9.78 Å². The zero-order chi connectivity index (χ0) is 53.8. The molecule has 2 heterocycles. The van der Waals surface area contributed by atoms with Gasteiger partial charge in [-0.2, -0.15) is 0 Å². The molecule has 1 aliphatic heterocycles. The molecular weight excluding hydrogens is 939 g/mol. The van der Waals surface area contributed by atoms with Gasteiger partial charge in [0.15, 0.2) is 5.96 Å². The van der Waals surface area contributed by atoms with Gasteiger partial charge in [0.25, 0.3) is 0 Å². The first-order valence-corrected chi connectivity index (χ1v) is 24.1. The molecule has 2 aromatic rings. The zero-order valence-corrected chi connectivity index (χ0v) is 41.7. The van der Waals surface area contributed by atoms with Gasteiger partial charge < -0.3 is 74.3 Å². The Morgan fingerprint density at radius 3 is 1.97 bits per heavy atom. The van der Waals surface area contributed by atoms with Crippen molar-refractivity contribution in [2.24, 2.45) is 39.9 Å². The fourth-order valence-electron chi connectivity index (χ4n) is 7.96. The number of aromatic amines is 1. The number of carboxylic acids is 2. The topological polar surface area (TPSA) is 409 Å². The number of guanidine groups is 1. The van der Waals surface area contributed by atoms with Crippen LogP contribution in [-0.4, -0.2) is 151 Å². The van der Waals surface area contributed by atoms with Crippen LogP contribution in [0.25, 0.3) is 0 Å². The first-order chi connectivity index (χ1) is 33.9. The van der Waals surface area contributed by atoms with Crippen molar-refractivity contribution >= 4 is 59.2 Å². The second-order valence-corrected chi connectivity index (χ2v) is 18.8. The molecule has 3 rings (SSSR count). The van der Waals surface area contributed by atoms with E-state index < -0.39 is 120 Å². The Labute approximate surface area is 418 Å². The van der Waals surface area contributed by atoms with Crippen LogP contribution >= 0.6 is 0 Å². The number of aromatic nitrogens is 2. The predicted octanol–water partition coefficient (Wildman–Crippen LogP) is -1.51. The zero-order valence-electron chi connectivity index (χ0n) is 41.7. The summed E-state index contributed by atoms with van der Waals surface area (Å²) in [5, 5.41) is 44.8. The molecule has 0 saturated carbocycles. The highest BCUT2D eigenvalue weighted by Gasteiger charge is 2.41. The van der Waals surface area contributed by atoms with Crippen molar-refractivity contribution in [2.75, 3.05) is 13.1 Å². The van der Waals surface area contributed by atoms with E-state index in [1.807, 2.05) is 13.8 Å². The molecule has 16 N–H and O–H groups in total. The number of hydrogen-bond donors (Lipinski definition) is 13. The molecule has 0 aliphatic carbocycles. The number of benzene rings is 1. The molecule has 25 heteroatoms. The number of nitrogens with one attached hydrogen (secondary N) is 7. The van der Waals surface area contributed by atoms with Crippen molar-refractivity contribution in [2.45, 2.75) is 148 Å². The number of aromatic hydroxyl groups is 1. The molecule has 0 bridgehead atoms. The van der Waals surface area contributed by atoms with E-state index in [2.05, 4.69) is 46.9 Å². The van der Waals surface area contributed by atoms with Gasteiger partial charge in [-0.3, -0.25) is 43.3 Å². The van der Waals surface area contributed by atoms with E-state index >= 15 is 0 Å². The maximum Gasteiger partial charge on any atom is 0.326 e. The van der Waals surface area contributed by atoms with Gasteiger partial charge in [0, 0.05) is 37.8 Å². The second-order valence-electron chi connectivity index (χ2n) is 18.8. The van der Waals surface area contributed by atoms with Crippen molar-refractivity contribution in [3.8, 4) is 5.75 Å². The lowest BCUT2D eigenvalue weighted by Crippen LogP contribution is -2.62. The number of nitrogens with zero attached hydrogens (tertiary/aromatic N) is 3. The van der Waals surface area contributed by atoms with Gasteiger partial charge >= 0.3 is 11.9 Å². The lowest BCUT2D eigenvalue weighted by molar-refractivity contribution is -0.145. The smallest absolute Gasteiger partial charge is 0.326 e. The summed E-state index contributed by atoms with van der Waals surface area (Å²) in [5.74, 6) is -9.56. The van der Waals surface area contributed by atoms with Gasteiger partial charge in [-0.15, -0.1) is 0 Å². The highest BCUT2D eigenvalue weighted by Crippen LogP contribution is 2.21. The van der Waals surface area contributed by atoms with Gasteiger partial charge in [-0.05, 0) is 67.6 Å². The Morgan fingerprint density at radius 1 is 0.792 bits per heavy atom. The summed E-state index contributed by atoms with van der Waals surface area (Å²) in [6, 6.07) is -4.59. The van der Waals surface area contributed by atoms with E-state index in [1.165, 1.54) is 41.7 Å². The third-order valence-corrected chi connectivity index (χ3v) is 12.1. The van der Waals surface area contributed by atoms with Gasteiger partial charge in [0.05, 0.1) is 18.8 Å². The standard InChI is InChI=1S/C47H73N13O12/c1-7-26(6)38(44(69)56-33(20-28-22-51-23-53-28)45(70)60-17-9-11-35(60)42(67)57-34(46(71)72)18-24(2)3)59-41(66)32(19-27-12-14-29(61)15-13-27)55-43(68)37(25(4)5)58-40(65)31(10-8-16-52-47(49)50)54-39(64)30(48)21-36(62)63/h12-15,22-26,30-35,37-38,61H,7-11,16-21,48H2,1-6H3,(H,51,53)(H,54,64)(H,55,68)(H,56,69)(H,57,67)(H,58,65)(H,59,66)(H,62,63)(H,71,72)(H4,49,50,52)/t26-,30+,31-,32-,33-,34-,35-,37-,38-/m0/s1. The average Bonchev–Trinajstić information content (AvgIpc) is 4.03. The number of aliphatic imine (C=N–C) groups is 1. The number of carboxylic acid groups (broad SMARTS) is 2. The Hall–Kier alpha value is -7.31. The fraction of sp³-hybridized carbons (Fsp3) is 0.596. The fourth-order valence-corrected chi connectivity index (χ4v) is 7.96. The van der Waals surface area contributed by atoms with E-state index in [4.69, 9.17) is 22.3 Å². The van der Waals surface area contributed by atoms with Crippen LogP contribution in [0.4, 0.5) is 0 Å².